The van der Waals surface area contributed by atoms with Gasteiger partial charge in [0.15, 0.2) is 0 Å². The average Bonchev–Trinajstić information content (AvgIpc) is 2.16. The summed E-state index contributed by atoms with van der Waals surface area (Å²) < 4.78 is 0. The minimum absolute atomic E-state index is 0.117. The Labute approximate surface area is 74.5 Å². The topological polar surface area (TPSA) is 27.0 Å². The molecule has 0 radical (unpaired) electrons. The Morgan fingerprint density at radius 1 is 1.67 bits per heavy atom. The molecule has 1 aliphatic heterocycles. The van der Waals surface area contributed by atoms with Crippen LogP contribution in [0.25, 0.3) is 0 Å². The maximum Gasteiger partial charge on any atom is 0.0982 e. The molecule has 2 atom stereocenters. The molecule has 0 aromatic carbocycles. The van der Waals surface area contributed by atoms with E-state index in [0.717, 1.165) is 13.0 Å². The third kappa shape index (κ3) is 1.86. The van der Waals surface area contributed by atoms with Crippen molar-refractivity contribution in [2.75, 3.05) is 6.54 Å². The number of likely N-dealkylation sites (tertiary alicyclic amines) is 1. The molecule has 2 heteroatoms. The van der Waals surface area contributed by atoms with Crippen LogP contribution >= 0.6 is 0 Å². The quantitative estimate of drug-likeness (QED) is 0.583. The summed E-state index contributed by atoms with van der Waals surface area (Å²) in [6.07, 6.45) is 5.35. The highest BCUT2D eigenvalue weighted by molar-refractivity contribution is 4.99. The summed E-state index contributed by atoms with van der Waals surface area (Å²) >= 11 is 0. The molecule has 1 fully saturated rings. The van der Waals surface area contributed by atoms with E-state index in [1.54, 1.807) is 0 Å². The van der Waals surface area contributed by atoms with Crippen molar-refractivity contribution in [2.45, 2.75) is 38.3 Å². The van der Waals surface area contributed by atoms with E-state index in [4.69, 9.17) is 5.26 Å². The molecule has 0 aromatic heterocycles. The molecule has 0 aromatic rings. The maximum atomic E-state index is 8.88. The summed E-state index contributed by atoms with van der Waals surface area (Å²) in [5.74, 6) is 0. The molecule has 0 bridgehead atoms. The fourth-order valence-electron chi connectivity index (χ4n) is 1.72. The van der Waals surface area contributed by atoms with Crippen molar-refractivity contribution in [3.8, 4) is 6.07 Å². The van der Waals surface area contributed by atoms with Crippen LogP contribution in [0.1, 0.15) is 26.2 Å². The normalized spacial score (nSPS) is 27.5. The number of piperidine rings is 1. The third-order valence-corrected chi connectivity index (χ3v) is 2.56. The molecular weight excluding hydrogens is 148 g/mol. The number of nitrogens with zero attached hydrogens (tertiary/aromatic N) is 2. The largest absolute Gasteiger partial charge is 0.282 e. The third-order valence-electron chi connectivity index (χ3n) is 2.56. The van der Waals surface area contributed by atoms with Gasteiger partial charge in [-0.2, -0.15) is 5.26 Å². The van der Waals surface area contributed by atoms with Gasteiger partial charge in [-0.3, -0.25) is 4.90 Å². The highest BCUT2D eigenvalue weighted by Gasteiger charge is 2.24. The zero-order chi connectivity index (χ0) is 8.97. The lowest BCUT2D eigenvalue weighted by atomic mass is 10.0. The van der Waals surface area contributed by atoms with E-state index in [2.05, 4.69) is 24.5 Å². The van der Waals surface area contributed by atoms with Crippen LogP contribution < -0.4 is 0 Å². The number of hydrogen-bond donors (Lipinski definition) is 0. The van der Waals surface area contributed by atoms with Gasteiger partial charge >= 0.3 is 0 Å². The lowest BCUT2D eigenvalue weighted by Crippen LogP contribution is -2.43. The first kappa shape index (κ1) is 9.28. The summed E-state index contributed by atoms with van der Waals surface area (Å²) in [5, 5.41) is 8.88. The van der Waals surface area contributed by atoms with Crippen molar-refractivity contribution >= 4 is 0 Å². The van der Waals surface area contributed by atoms with Gasteiger partial charge in [-0.05, 0) is 32.7 Å². The van der Waals surface area contributed by atoms with Gasteiger partial charge in [-0.15, -0.1) is 6.58 Å². The first-order chi connectivity index (χ1) is 5.79. The minimum Gasteiger partial charge on any atom is -0.282 e. The Morgan fingerprint density at radius 3 is 3.00 bits per heavy atom. The van der Waals surface area contributed by atoms with Crippen LogP contribution in [0, 0.1) is 11.3 Å². The van der Waals surface area contributed by atoms with Crippen LogP contribution in [0.3, 0.4) is 0 Å². The first-order valence-corrected chi connectivity index (χ1v) is 4.57. The molecule has 1 saturated heterocycles. The second-order valence-electron chi connectivity index (χ2n) is 3.35. The molecule has 66 valence electrons. The maximum absolute atomic E-state index is 8.88. The van der Waals surface area contributed by atoms with Gasteiger partial charge in [0.25, 0.3) is 0 Å². The molecule has 0 amide bonds. The highest BCUT2D eigenvalue weighted by atomic mass is 15.2. The fraction of sp³-hybridized carbons (Fsp3) is 0.700. The van der Waals surface area contributed by atoms with E-state index in [1.165, 1.54) is 12.8 Å². The van der Waals surface area contributed by atoms with Gasteiger partial charge in [-0.25, -0.2) is 0 Å². The highest BCUT2D eigenvalue weighted by Crippen LogP contribution is 2.18. The van der Waals surface area contributed by atoms with Crippen molar-refractivity contribution in [3.05, 3.63) is 12.7 Å². The number of hydrogen-bond acceptors (Lipinski definition) is 2. The molecule has 0 aliphatic carbocycles. The summed E-state index contributed by atoms with van der Waals surface area (Å²) in [4.78, 5) is 2.23. The Hall–Kier alpha value is -0.810. The van der Waals surface area contributed by atoms with Gasteiger partial charge < -0.3 is 0 Å². The second-order valence-corrected chi connectivity index (χ2v) is 3.35. The van der Waals surface area contributed by atoms with E-state index in [1.807, 2.05) is 6.08 Å². The Morgan fingerprint density at radius 2 is 2.42 bits per heavy atom. The van der Waals surface area contributed by atoms with Gasteiger partial charge in [0.2, 0.25) is 0 Å². The van der Waals surface area contributed by atoms with Crippen molar-refractivity contribution in [1.29, 1.82) is 5.26 Å². The van der Waals surface area contributed by atoms with Gasteiger partial charge in [0.05, 0.1) is 12.1 Å². The molecule has 0 saturated carbocycles. The van der Waals surface area contributed by atoms with E-state index < -0.39 is 0 Å². The molecule has 2 unspecified atom stereocenters. The van der Waals surface area contributed by atoms with Crippen molar-refractivity contribution in [2.24, 2.45) is 0 Å². The molecule has 2 nitrogen and oxygen atoms in total. The van der Waals surface area contributed by atoms with E-state index >= 15 is 0 Å². The standard InChI is InChI=1S/C10H16N2/c1-3-9(2)12-7-5-4-6-10(12)8-11/h3,9-10H,1,4-7H2,2H3. The molecule has 0 N–H and O–H groups in total. The molecule has 1 aliphatic rings. The Kier molecular flexibility index (Phi) is 3.31. The monoisotopic (exact) mass is 164 g/mol. The fourth-order valence-corrected chi connectivity index (χ4v) is 1.72. The van der Waals surface area contributed by atoms with Crippen molar-refractivity contribution < 1.29 is 0 Å². The van der Waals surface area contributed by atoms with Gasteiger partial charge in [-0.1, -0.05) is 6.08 Å². The van der Waals surface area contributed by atoms with Gasteiger partial charge in [0, 0.05) is 6.04 Å². The summed E-state index contributed by atoms with van der Waals surface area (Å²) in [6.45, 7) is 6.90. The lowest BCUT2D eigenvalue weighted by molar-refractivity contribution is 0.159. The van der Waals surface area contributed by atoms with Crippen LogP contribution in [0.2, 0.25) is 0 Å². The van der Waals surface area contributed by atoms with Crippen molar-refractivity contribution in [3.63, 3.8) is 0 Å². The molecule has 1 heterocycles. The smallest absolute Gasteiger partial charge is 0.0982 e. The van der Waals surface area contributed by atoms with Crippen LogP contribution in [0.5, 0.6) is 0 Å². The number of rotatable bonds is 2. The van der Waals surface area contributed by atoms with Crippen LogP contribution in [-0.4, -0.2) is 23.5 Å². The minimum atomic E-state index is 0.117. The van der Waals surface area contributed by atoms with Crippen LogP contribution in [-0.2, 0) is 0 Å². The Bertz CT molecular complexity index is 193. The lowest BCUT2D eigenvalue weighted by Gasteiger charge is -2.34. The zero-order valence-electron chi connectivity index (χ0n) is 7.66. The van der Waals surface area contributed by atoms with E-state index in [0.29, 0.717) is 6.04 Å². The molecule has 0 spiro atoms. The van der Waals surface area contributed by atoms with Gasteiger partial charge in [0.1, 0.15) is 0 Å². The van der Waals surface area contributed by atoms with Crippen LogP contribution in [0.4, 0.5) is 0 Å². The first-order valence-electron chi connectivity index (χ1n) is 4.57. The zero-order valence-corrected chi connectivity index (χ0v) is 7.66. The van der Waals surface area contributed by atoms with E-state index in [9.17, 15) is 0 Å². The molecular formula is C10H16N2. The second kappa shape index (κ2) is 4.27. The summed E-state index contributed by atoms with van der Waals surface area (Å²) in [7, 11) is 0. The SMILES string of the molecule is C=CC(C)N1CCCCC1C#N. The molecule has 12 heavy (non-hydrogen) atoms. The predicted octanol–water partition coefficient (Wildman–Crippen LogP) is 1.94. The van der Waals surface area contributed by atoms with E-state index in [-0.39, 0.29) is 6.04 Å². The summed E-state index contributed by atoms with van der Waals surface area (Å²) in [6, 6.07) is 2.81. The molecule has 1 rings (SSSR count). The predicted molar refractivity (Wildman–Crippen MR) is 49.6 cm³/mol. The Balaban J connectivity index is 2.59. The number of nitriles is 1. The summed E-state index contributed by atoms with van der Waals surface area (Å²) in [5.41, 5.74) is 0. The average molecular weight is 164 g/mol. The van der Waals surface area contributed by atoms with Crippen molar-refractivity contribution in [1.82, 2.24) is 4.90 Å². The van der Waals surface area contributed by atoms with Crippen LogP contribution in [0.15, 0.2) is 12.7 Å².